The van der Waals surface area contributed by atoms with Crippen LogP contribution in [0.2, 0.25) is 0 Å². The van der Waals surface area contributed by atoms with Gasteiger partial charge in [-0.15, -0.1) is 12.4 Å². The maximum atomic E-state index is 9.79. The van der Waals surface area contributed by atoms with Crippen molar-refractivity contribution in [1.29, 1.82) is 0 Å². The Morgan fingerprint density at radius 3 is 2.16 bits per heavy atom. The van der Waals surface area contributed by atoms with Crippen molar-refractivity contribution in [2.24, 2.45) is 0 Å². The lowest BCUT2D eigenvalue weighted by atomic mass is 9.93. The van der Waals surface area contributed by atoms with E-state index in [1.165, 1.54) is 22.3 Å². The summed E-state index contributed by atoms with van der Waals surface area (Å²) in [6, 6.07) is 4.58. The highest BCUT2D eigenvalue weighted by Crippen LogP contribution is 2.28. The molecule has 0 bridgehead atoms. The summed E-state index contributed by atoms with van der Waals surface area (Å²) in [6.45, 7) is 10.7. The number of aliphatic hydroxyl groups is 1. The third-order valence-corrected chi connectivity index (χ3v) is 3.84. The molecule has 3 nitrogen and oxygen atoms in total. The van der Waals surface area contributed by atoms with Crippen LogP contribution in [0.3, 0.4) is 0 Å². The lowest BCUT2D eigenvalue weighted by Crippen LogP contribution is -2.46. The van der Waals surface area contributed by atoms with Gasteiger partial charge in [0.05, 0.1) is 12.6 Å². The van der Waals surface area contributed by atoms with Crippen molar-refractivity contribution < 1.29 is 5.11 Å². The van der Waals surface area contributed by atoms with E-state index >= 15 is 0 Å². The smallest absolute Gasteiger partial charge is 0.0628 e. The van der Waals surface area contributed by atoms with Crippen molar-refractivity contribution in [3.05, 3.63) is 34.4 Å². The molecule has 1 saturated heterocycles. The van der Waals surface area contributed by atoms with Gasteiger partial charge in [0.15, 0.2) is 0 Å². The third-order valence-electron chi connectivity index (χ3n) is 3.84. The van der Waals surface area contributed by atoms with Gasteiger partial charge < -0.3 is 10.4 Å². The monoisotopic (exact) mass is 284 g/mol. The number of nitrogens with zero attached hydrogens (tertiary/aromatic N) is 1. The van der Waals surface area contributed by atoms with Gasteiger partial charge in [0, 0.05) is 26.2 Å². The highest BCUT2D eigenvalue weighted by atomic mass is 35.5. The zero-order valence-corrected chi connectivity index (χ0v) is 12.9. The first-order chi connectivity index (χ1) is 8.63. The van der Waals surface area contributed by atoms with Crippen molar-refractivity contribution in [3.63, 3.8) is 0 Å². The van der Waals surface area contributed by atoms with E-state index < -0.39 is 0 Å². The Morgan fingerprint density at radius 1 is 1.16 bits per heavy atom. The predicted molar refractivity (Wildman–Crippen MR) is 82.2 cm³/mol. The average molecular weight is 285 g/mol. The van der Waals surface area contributed by atoms with E-state index in [9.17, 15) is 5.11 Å². The van der Waals surface area contributed by atoms with Crippen molar-refractivity contribution >= 4 is 12.4 Å². The Balaban J connectivity index is 0.00000180. The second-order valence-corrected chi connectivity index (χ2v) is 5.30. The number of nitrogens with one attached hydrogen (secondary N) is 1. The topological polar surface area (TPSA) is 35.5 Å². The Labute approximate surface area is 122 Å². The summed E-state index contributed by atoms with van der Waals surface area (Å²) in [5, 5.41) is 13.1. The second kappa shape index (κ2) is 7.25. The molecule has 1 heterocycles. The number of piperazine rings is 1. The minimum atomic E-state index is 0. The Bertz CT molecular complexity index is 394. The zero-order chi connectivity index (χ0) is 13.1. The molecule has 108 valence electrons. The second-order valence-electron chi connectivity index (χ2n) is 5.30. The van der Waals surface area contributed by atoms with Crippen molar-refractivity contribution in [3.8, 4) is 0 Å². The Kier molecular flexibility index (Phi) is 6.27. The molecular formula is C15H25ClN2O. The lowest BCUT2D eigenvalue weighted by molar-refractivity contribution is 0.110. The van der Waals surface area contributed by atoms with Crippen LogP contribution in [0.25, 0.3) is 0 Å². The number of hydrogen-bond donors (Lipinski definition) is 2. The molecule has 1 atom stereocenters. The van der Waals surface area contributed by atoms with Gasteiger partial charge in [-0.25, -0.2) is 0 Å². The Hall–Kier alpha value is -0.610. The summed E-state index contributed by atoms with van der Waals surface area (Å²) in [5.74, 6) is 0. The van der Waals surface area contributed by atoms with Crippen LogP contribution in [0.5, 0.6) is 0 Å². The minimum absolute atomic E-state index is 0. The summed E-state index contributed by atoms with van der Waals surface area (Å²) < 4.78 is 0. The first kappa shape index (κ1) is 16.4. The van der Waals surface area contributed by atoms with Crippen molar-refractivity contribution in [2.45, 2.75) is 26.8 Å². The maximum Gasteiger partial charge on any atom is 0.0628 e. The van der Waals surface area contributed by atoms with E-state index in [4.69, 9.17) is 0 Å². The molecule has 19 heavy (non-hydrogen) atoms. The molecular weight excluding hydrogens is 260 g/mol. The molecule has 4 heteroatoms. The molecule has 0 spiro atoms. The van der Waals surface area contributed by atoms with E-state index in [1.54, 1.807) is 0 Å². The van der Waals surface area contributed by atoms with Crippen LogP contribution >= 0.6 is 12.4 Å². The van der Waals surface area contributed by atoms with Crippen LogP contribution in [0.15, 0.2) is 12.1 Å². The van der Waals surface area contributed by atoms with E-state index in [0.29, 0.717) is 0 Å². The molecule has 0 saturated carbocycles. The number of hydrogen-bond acceptors (Lipinski definition) is 3. The molecule has 2 N–H and O–H groups in total. The van der Waals surface area contributed by atoms with E-state index in [2.05, 4.69) is 43.1 Å². The maximum absolute atomic E-state index is 9.79. The number of aryl methyl sites for hydroxylation is 3. The van der Waals surface area contributed by atoms with Gasteiger partial charge in [-0.05, 0) is 37.5 Å². The largest absolute Gasteiger partial charge is 0.394 e. The summed E-state index contributed by atoms with van der Waals surface area (Å²) in [7, 11) is 0. The molecule has 0 amide bonds. The van der Waals surface area contributed by atoms with Gasteiger partial charge >= 0.3 is 0 Å². The fourth-order valence-corrected chi connectivity index (χ4v) is 3.10. The number of halogens is 1. The standard InChI is InChI=1S/C15H24N2O.ClH/c1-11-8-12(2)15(13(3)9-11)14(10-18)17-6-4-16-5-7-17;/h8-9,14,16,18H,4-7,10H2,1-3H3;1H/t14-;/m0./s1. The average Bonchev–Trinajstić information content (AvgIpc) is 2.34. The molecule has 1 aromatic carbocycles. The Morgan fingerprint density at radius 2 is 1.68 bits per heavy atom. The lowest BCUT2D eigenvalue weighted by Gasteiger charge is -2.35. The normalized spacial score (nSPS) is 17.9. The summed E-state index contributed by atoms with van der Waals surface area (Å²) in [6.07, 6.45) is 0. The fraction of sp³-hybridized carbons (Fsp3) is 0.600. The molecule has 0 unspecified atom stereocenters. The van der Waals surface area contributed by atoms with Crippen LogP contribution in [-0.4, -0.2) is 42.8 Å². The first-order valence-corrected chi connectivity index (χ1v) is 6.77. The zero-order valence-electron chi connectivity index (χ0n) is 12.1. The predicted octanol–water partition coefficient (Wildman–Crippen LogP) is 1.97. The van der Waals surface area contributed by atoms with Crippen LogP contribution in [-0.2, 0) is 0 Å². The van der Waals surface area contributed by atoms with Crippen molar-refractivity contribution in [2.75, 3.05) is 32.8 Å². The fourth-order valence-electron chi connectivity index (χ4n) is 3.10. The van der Waals surface area contributed by atoms with E-state index in [0.717, 1.165) is 26.2 Å². The quantitative estimate of drug-likeness (QED) is 0.891. The third kappa shape index (κ3) is 3.69. The van der Waals surface area contributed by atoms with Crippen LogP contribution in [0.4, 0.5) is 0 Å². The highest BCUT2D eigenvalue weighted by Gasteiger charge is 2.24. The summed E-state index contributed by atoms with van der Waals surface area (Å²) in [4.78, 5) is 2.39. The molecule has 1 aliphatic rings. The first-order valence-electron chi connectivity index (χ1n) is 6.77. The van der Waals surface area contributed by atoms with Crippen LogP contribution in [0, 0.1) is 20.8 Å². The minimum Gasteiger partial charge on any atom is -0.394 e. The van der Waals surface area contributed by atoms with Gasteiger partial charge in [-0.1, -0.05) is 17.7 Å². The van der Waals surface area contributed by atoms with Gasteiger partial charge in [-0.3, -0.25) is 4.90 Å². The molecule has 1 aromatic rings. The van der Waals surface area contributed by atoms with E-state index in [1.807, 2.05) is 0 Å². The van der Waals surface area contributed by atoms with E-state index in [-0.39, 0.29) is 25.1 Å². The molecule has 2 rings (SSSR count). The van der Waals surface area contributed by atoms with Crippen molar-refractivity contribution in [1.82, 2.24) is 10.2 Å². The molecule has 0 aromatic heterocycles. The SMILES string of the molecule is Cc1cc(C)c([C@H](CO)N2CCNCC2)c(C)c1.Cl. The van der Waals surface area contributed by atoms with Gasteiger partial charge in [-0.2, -0.15) is 0 Å². The number of aliphatic hydroxyl groups excluding tert-OH is 1. The van der Waals surface area contributed by atoms with Crippen LogP contribution < -0.4 is 5.32 Å². The molecule has 1 fully saturated rings. The summed E-state index contributed by atoms with van der Waals surface area (Å²) in [5.41, 5.74) is 5.20. The van der Waals surface area contributed by atoms with Crippen LogP contribution in [0.1, 0.15) is 28.3 Å². The molecule has 0 radical (unpaired) electrons. The molecule has 1 aliphatic heterocycles. The van der Waals surface area contributed by atoms with Gasteiger partial charge in [0.25, 0.3) is 0 Å². The molecule has 0 aliphatic carbocycles. The highest BCUT2D eigenvalue weighted by molar-refractivity contribution is 5.85. The number of rotatable bonds is 3. The summed E-state index contributed by atoms with van der Waals surface area (Å²) >= 11 is 0. The van der Waals surface area contributed by atoms with Gasteiger partial charge in [0.2, 0.25) is 0 Å². The number of benzene rings is 1. The van der Waals surface area contributed by atoms with Gasteiger partial charge in [0.1, 0.15) is 0 Å².